The number of hydrogen-bond acceptors (Lipinski definition) is 5. The fourth-order valence-electron chi connectivity index (χ4n) is 2.40. The molecule has 0 aliphatic carbocycles. The van der Waals surface area contributed by atoms with E-state index < -0.39 is 14.0 Å². The number of piperazine rings is 1. The molecule has 5 nitrogen and oxygen atoms in total. The van der Waals surface area contributed by atoms with Gasteiger partial charge in [0.05, 0.1) is 10.7 Å². The quantitative estimate of drug-likeness (QED) is 0.726. The van der Waals surface area contributed by atoms with E-state index in [4.69, 9.17) is 13.0 Å². The van der Waals surface area contributed by atoms with Crippen molar-refractivity contribution in [3.63, 3.8) is 0 Å². The largest absolute Gasteiger partial charge is 0.491 e. The van der Waals surface area contributed by atoms with E-state index in [2.05, 4.69) is 19.9 Å². The minimum Gasteiger partial charge on any atom is -0.491 e. The summed E-state index contributed by atoms with van der Waals surface area (Å²) in [5.74, 6) is 0.669. The summed E-state index contributed by atoms with van der Waals surface area (Å²) < 4.78 is 52.4. The Morgan fingerprint density at radius 2 is 1.95 bits per heavy atom. The Morgan fingerprint density at radius 3 is 2.67 bits per heavy atom. The van der Waals surface area contributed by atoms with E-state index in [-0.39, 0.29) is 13.2 Å². The smallest absolute Gasteiger partial charge is 0.119 e. The highest BCUT2D eigenvalue weighted by Gasteiger charge is 2.16. The van der Waals surface area contributed by atoms with Crippen LogP contribution in [0.3, 0.4) is 0 Å². The Kier molecular flexibility index (Phi) is 4.08. The molecular formula is C16H27N3O2. The molecule has 0 aromatic heterocycles. The number of benzene rings is 1. The maximum atomic E-state index is 7.14. The first kappa shape index (κ1) is 9.66. The van der Waals surface area contributed by atoms with E-state index in [1.54, 1.807) is 0 Å². The van der Waals surface area contributed by atoms with E-state index in [0.717, 1.165) is 38.4 Å². The van der Waals surface area contributed by atoms with Crippen LogP contribution in [0, 0.1) is 0 Å². The Morgan fingerprint density at radius 1 is 1.14 bits per heavy atom. The molecule has 5 heteroatoms. The highest BCUT2D eigenvalue weighted by atomic mass is 16.5. The highest BCUT2D eigenvalue weighted by Crippen LogP contribution is 2.20. The predicted molar refractivity (Wildman–Crippen MR) is 86.4 cm³/mol. The second kappa shape index (κ2) is 8.87. The summed E-state index contributed by atoms with van der Waals surface area (Å²) in [4.78, 5) is 4.52. The molecule has 2 rings (SSSR count). The third kappa shape index (κ3) is 5.19. The second-order valence-corrected chi connectivity index (χ2v) is 4.95. The molecule has 0 bridgehead atoms. The van der Waals surface area contributed by atoms with Gasteiger partial charge in [0.1, 0.15) is 12.4 Å². The Balaban J connectivity index is 1.69. The summed E-state index contributed by atoms with van der Waals surface area (Å²) in [6.45, 7) is 2.80. The van der Waals surface area contributed by atoms with Crippen molar-refractivity contribution in [1.29, 1.82) is 0 Å². The molecule has 21 heavy (non-hydrogen) atoms. The fourth-order valence-corrected chi connectivity index (χ4v) is 2.40. The predicted octanol–water partition coefficient (Wildman–Crippen LogP) is 1.05. The molecule has 0 unspecified atom stereocenters. The van der Waals surface area contributed by atoms with Crippen molar-refractivity contribution in [3.8, 4) is 5.75 Å². The van der Waals surface area contributed by atoms with Crippen molar-refractivity contribution in [2.75, 3.05) is 71.4 Å². The van der Waals surface area contributed by atoms with Crippen LogP contribution in [-0.4, -0.2) is 71.4 Å². The number of likely N-dealkylation sites (N-methyl/N-ethyl adjacent to an activating group) is 1. The zero-order valence-corrected chi connectivity index (χ0v) is 12.2. The average Bonchev–Trinajstić information content (AvgIpc) is 2.58. The lowest BCUT2D eigenvalue weighted by Crippen LogP contribution is -2.48. The second-order valence-electron chi connectivity index (χ2n) is 4.95. The number of nitrogens with zero attached hydrogens (tertiary/aromatic N) is 2. The molecule has 1 aromatic rings. The number of anilines is 1. The molecule has 1 N–H and O–H groups in total. The minimum absolute atomic E-state index is 0.0108. The summed E-state index contributed by atoms with van der Waals surface area (Å²) in [6.07, 6.45) is 0. The molecule has 0 atom stereocenters. The molecule has 1 fully saturated rings. The number of nitrogens with one attached hydrogen (secondary N) is 1. The SMILES string of the molecule is [2H]C([2H])([2H])NCCN1CCN(c2ccc(OCCOC([2H])([2H])[2H])cc2)CC1. The third-order valence-corrected chi connectivity index (χ3v) is 3.58. The first-order valence-electron chi connectivity index (χ1n) is 10.2. The molecule has 0 saturated carbocycles. The van der Waals surface area contributed by atoms with Crippen LogP contribution in [0.5, 0.6) is 5.75 Å². The van der Waals surface area contributed by atoms with Gasteiger partial charge in [0.2, 0.25) is 0 Å². The van der Waals surface area contributed by atoms with Crippen LogP contribution in [0.1, 0.15) is 8.22 Å². The van der Waals surface area contributed by atoms with Crippen LogP contribution in [0.15, 0.2) is 24.3 Å². The van der Waals surface area contributed by atoms with Gasteiger partial charge in [-0.1, -0.05) is 0 Å². The number of rotatable bonds is 8. The molecule has 1 aliphatic rings. The van der Waals surface area contributed by atoms with Gasteiger partial charge in [0.25, 0.3) is 0 Å². The summed E-state index contributed by atoms with van der Waals surface area (Å²) in [5, 5.41) is 2.54. The van der Waals surface area contributed by atoms with Crippen molar-refractivity contribution in [2.24, 2.45) is 0 Å². The summed E-state index contributed by atoms with van der Waals surface area (Å²) >= 11 is 0. The Hall–Kier alpha value is -1.30. The zero-order valence-electron chi connectivity index (χ0n) is 18.2. The standard InChI is InChI=1S/C16H27N3O2/c1-17-7-8-18-9-11-19(12-10-18)15-3-5-16(6-4-15)21-14-13-20-2/h3-6,17H,7-14H2,1-2H3/i1D3,2D3. The lowest BCUT2D eigenvalue weighted by atomic mass is 10.2. The average molecular weight is 299 g/mol. The van der Waals surface area contributed by atoms with E-state index in [9.17, 15) is 0 Å². The molecule has 1 aliphatic heterocycles. The monoisotopic (exact) mass is 299 g/mol. The number of ether oxygens (including phenoxy) is 2. The maximum absolute atomic E-state index is 7.14. The van der Waals surface area contributed by atoms with Gasteiger partial charge in [-0.2, -0.15) is 0 Å². The lowest BCUT2D eigenvalue weighted by Gasteiger charge is -2.36. The van der Waals surface area contributed by atoms with Gasteiger partial charge in [-0.15, -0.1) is 0 Å². The van der Waals surface area contributed by atoms with Crippen LogP contribution >= 0.6 is 0 Å². The van der Waals surface area contributed by atoms with Gasteiger partial charge >= 0.3 is 0 Å². The lowest BCUT2D eigenvalue weighted by molar-refractivity contribution is 0.146. The van der Waals surface area contributed by atoms with Crippen molar-refractivity contribution in [2.45, 2.75) is 0 Å². The topological polar surface area (TPSA) is 37.0 Å². The molecular weight excluding hydrogens is 266 g/mol. The van der Waals surface area contributed by atoms with E-state index in [1.165, 1.54) is 0 Å². The fraction of sp³-hybridized carbons (Fsp3) is 0.625. The summed E-state index contributed by atoms with van der Waals surface area (Å²) in [5.41, 5.74) is 1.10. The summed E-state index contributed by atoms with van der Waals surface area (Å²) in [7, 11) is -2.39. The normalized spacial score (nSPS) is 21.6. The number of hydrogen-bond donors (Lipinski definition) is 1. The minimum atomic E-state index is -2.39. The van der Waals surface area contributed by atoms with E-state index in [1.807, 2.05) is 24.3 Å². The molecule has 1 heterocycles. The Bertz CT molecular complexity index is 557. The van der Waals surface area contributed by atoms with Crippen molar-refractivity contribution < 1.29 is 17.7 Å². The van der Waals surface area contributed by atoms with Gasteiger partial charge in [-0.3, -0.25) is 4.90 Å². The molecule has 1 saturated heterocycles. The number of methoxy groups -OCH3 is 1. The third-order valence-electron chi connectivity index (χ3n) is 3.58. The van der Waals surface area contributed by atoms with Gasteiger partial charge in [-0.05, 0) is 31.2 Å². The van der Waals surface area contributed by atoms with Gasteiger partial charge < -0.3 is 19.7 Å². The molecule has 0 amide bonds. The molecule has 1 aromatic carbocycles. The van der Waals surface area contributed by atoms with Gasteiger partial charge in [0.15, 0.2) is 0 Å². The molecule has 0 radical (unpaired) electrons. The first-order valence-corrected chi connectivity index (χ1v) is 7.22. The van der Waals surface area contributed by atoms with Crippen LogP contribution in [0.4, 0.5) is 5.69 Å². The van der Waals surface area contributed by atoms with Crippen LogP contribution < -0.4 is 15.0 Å². The van der Waals surface area contributed by atoms with Crippen molar-refractivity contribution in [1.82, 2.24) is 10.2 Å². The van der Waals surface area contributed by atoms with Crippen molar-refractivity contribution >= 4 is 5.69 Å². The van der Waals surface area contributed by atoms with Crippen LogP contribution in [0.25, 0.3) is 0 Å². The summed E-state index contributed by atoms with van der Waals surface area (Å²) in [6, 6.07) is 7.67. The van der Waals surface area contributed by atoms with Crippen molar-refractivity contribution in [3.05, 3.63) is 24.3 Å². The van der Waals surface area contributed by atoms with Gasteiger partial charge in [-0.25, -0.2) is 0 Å². The van der Waals surface area contributed by atoms with E-state index >= 15 is 0 Å². The van der Waals surface area contributed by atoms with Crippen LogP contribution in [-0.2, 0) is 4.74 Å². The first-order chi connectivity index (χ1) is 12.6. The van der Waals surface area contributed by atoms with E-state index in [0.29, 0.717) is 12.3 Å². The van der Waals surface area contributed by atoms with Gasteiger partial charge in [0, 0.05) is 56.1 Å². The highest BCUT2D eigenvalue weighted by molar-refractivity contribution is 5.49. The van der Waals surface area contributed by atoms with Crippen LogP contribution in [0.2, 0.25) is 0 Å². The maximum Gasteiger partial charge on any atom is 0.119 e. The molecule has 118 valence electrons. The zero-order chi connectivity index (χ0) is 19.9. The Labute approximate surface area is 136 Å². The molecule has 0 spiro atoms.